The molecule has 0 unspecified atom stereocenters. The highest BCUT2D eigenvalue weighted by Gasteiger charge is 2.09. The molecule has 2 nitrogen and oxygen atoms in total. The molecule has 0 aliphatic carbocycles. The third kappa shape index (κ3) is 1.75. The molecule has 1 heterocycles. The van der Waals surface area contributed by atoms with Crippen molar-refractivity contribution in [3.8, 4) is 0 Å². The van der Waals surface area contributed by atoms with Crippen molar-refractivity contribution in [1.82, 2.24) is 4.57 Å². The lowest BCUT2D eigenvalue weighted by molar-refractivity contribution is 0.632. The molecule has 0 saturated carbocycles. The molecule has 1 aromatic heterocycles. The molecule has 0 saturated heterocycles. The van der Waals surface area contributed by atoms with E-state index in [9.17, 15) is 4.39 Å². The van der Waals surface area contributed by atoms with Gasteiger partial charge in [0.05, 0.1) is 5.52 Å². The van der Waals surface area contributed by atoms with Gasteiger partial charge in [0, 0.05) is 18.6 Å². The number of halogens is 1. The van der Waals surface area contributed by atoms with Crippen molar-refractivity contribution in [3.05, 3.63) is 35.8 Å². The van der Waals surface area contributed by atoms with Gasteiger partial charge in [-0.15, -0.1) is 0 Å². The monoisotopic (exact) mass is 206 g/mol. The van der Waals surface area contributed by atoms with Crippen molar-refractivity contribution < 1.29 is 4.39 Å². The van der Waals surface area contributed by atoms with Crippen molar-refractivity contribution in [1.29, 1.82) is 0 Å². The van der Waals surface area contributed by atoms with Gasteiger partial charge >= 0.3 is 0 Å². The number of benzene rings is 1. The van der Waals surface area contributed by atoms with Gasteiger partial charge in [0.1, 0.15) is 5.82 Å². The first-order valence-electron chi connectivity index (χ1n) is 5.16. The normalized spacial score (nSPS) is 11.1. The lowest BCUT2D eigenvalue weighted by atomic mass is 10.1. The number of hydrogen-bond donors (Lipinski definition) is 1. The summed E-state index contributed by atoms with van der Waals surface area (Å²) in [5.74, 6) is -0.158. The summed E-state index contributed by atoms with van der Waals surface area (Å²) in [5, 5.41) is 1.01. The average molecular weight is 206 g/mol. The van der Waals surface area contributed by atoms with E-state index in [1.165, 1.54) is 11.6 Å². The second-order valence-corrected chi connectivity index (χ2v) is 3.79. The summed E-state index contributed by atoms with van der Waals surface area (Å²) in [7, 11) is 1.87. The summed E-state index contributed by atoms with van der Waals surface area (Å²) in [5.41, 5.74) is 7.34. The van der Waals surface area contributed by atoms with Crippen molar-refractivity contribution in [2.45, 2.75) is 12.8 Å². The minimum atomic E-state index is -0.158. The second-order valence-electron chi connectivity index (χ2n) is 3.79. The third-order valence-electron chi connectivity index (χ3n) is 2.69. The quantitative estimate of drug-likeness (QED) is 0.820. The zero-order chi connectivity index (χ0) is 10.8. The molecular formula is C12H15FN2. The minimum Gasteiger partial charge on any atom is -0.348 e. The van der Waals surface area contributed by atoms with E-state index >= 15 is 0 Å². The van der Waals surface area contributed by atoms with Crippen LogP contribution in [-0.2, 0) is 13.5 Å². The Hall–Kier alpha value is -1.35. The Labute approximate surface area is 88.5 Å². The van der Waals surface area contributed by atoms with Gasteiger partial charge in [-0.3, -0.25) is 0 Å². The van der Waals surface area contributed by atoms with Gasteiger partial charge in [-0.1, -0.05) is 12.1 Å². The van der Waals surface area contributed by atoms with Crippen LogP contribution in [0.4, 0.5) is 4.39 Å². The summed E-state index contributed by atoms with van der Waals surface area (Å²) in [6.07, 6.45) is 3.84. The molecule has 15 heavy (non-hydrogen) atoms. The molecule has 0 spiro atoms. The van der Waals surface area contributed by atoms with E-state index in [1.807, 2.05) is 23.9 Å². The highest BCUT2D eigenvalue weighted by Crippen LogP contribution is 2.23. The van der Waals surface area contributed by atoms with E-state index in [0.717, 1.165) is 18.2 Å². The van der Waals surface area contributed by atoms with Gasteiger partial charge < -0.3 is 10.3 Å². The molecule has 0 bridgehead atoms. The second kappa shape index (κ2) is 4.03. The highest BCUT2D eigenvalue weighted by molar-refractivity contribution is 5.84. The Morgan fingerprint density at radius 2 is 2.20 bits per heavy atom. The van der Waals surface area contributed by atoms with Crippen LogP contribution in [0.5, 0.6) is 0 Å². The number of rotatable bonds is 3. The fourth-order valence-electron chi connectivity index (χ4n) is 1.99. The first-order valence-corrected chi connectivity index (χ1v) is 5.16. The standard InChI is InChI=1S/C12H15FN2/c1-15-8-9(4-3-7-14)10-5-2-6-11(13)12(10)15/h2,5-6,8H,3-4,7,14H2,1H3. The van der Waals surface area contributed by atoms with Gasteiger partial charge in [-0.25, -0.2) is 4.39 Å². The van der Waals surface area contributed by atoms with Crippen LogP contribution in [-0.4, -0.2) is 11.1 Å². The number of nitrogens with zero attached hydrogens (tertiary/aromatic N) is 1. The van der Waals surface area contributed by atoms with Crippen molar-refractivity contribution in [3.63, 3.8) is 0 Å². The number of fused-ring (bicyclic) bond motifs is 1. The van der Waals surface area contributed by atoms with Crippen LogP contribution in [0, 0.1) is 5.82 Å². The predicted molar refractivity (Wildman–Crippen MR) is 60.3 cm³/mol. The molecule has 0 aliphatic heterocycles. The Balaban J connectivity index is 2.53. The number of nitrogens with two attached hydrogens (primary N) is 1. The van der Waals surface area contributed by atoms with E-state index in [-0.39, 0.29) is 5.82 Å². The minimum absolute atomic E-state index is 0.158. The predicted octanol–water partition coefficient (Wildman–Crippen LogP) is 2.21. The smallest absolute Gasteiger partial charge is 0.147 e. The fourth-order valence-corrected chi connectivity index (χ4v) is 1.99. The summed E-state index contributed by atoms with van der Waals surface area (Å²) >= 11 is 0. The summed E-state index contributed by atoms with van der Waals surface area (Å²) in [4.78, 5) is 0. The molecule has 0 amide bonds. The maximum atomic E-state index is 13.5. The van der Waals surface area contributed by atoms with Crippen LogP contribution in [0.15, 0.2) is 24.4 Å². The Bertz CT molecular complexity index is 474. The maximum absolute atomic E-state index is 13.5. The van der Waals surface area contributed by atoms with Crippen LogP contribution in [0.25, 0.3) is 10.9 Å². The van der Waals surface area contributed by atoms with Gasteiger partial charge in [0.25, 0.3) is 0 Å². The zero-order valence-electron chi connectivity index (χ0n) is 8.83. The van der Waals surface area contributed by atoms with Crippen LogP contribution >= 0.6 is 0 Å². The molecule has 0 atom stereocenters. The Morgan fingerprint density at radius 3 is 2.93 bits per heavy atom. The molecule has 0 aliphatic rings. The molecule has 2 rings (SSSR count). The SMILES string of the molecule is Cn1cc(CCCN)c2cccc(F)c21. The molecule has 80 valence electrons. The van der Waals surface area contributed by atoms with Gasteiger partial charge in [-0.05, 0) is 31.0 Å². The molecule has 2 aromatic rings. The van der Waals surface area contributed by atoms with E-state index < -0.39 is 0 Å². The maximum Gasteiger partial charge on any atom is 0.147 e. The van der Waals surface area contributed by atoms with Crippen molar-refractivity contribution in [2.24, 2.45) is 12.8 Å². The molecule has 1 aromatic carbocycles. The third-order valence-corrected chi connectivity index (χ3v) is 2.69. The van der Waals surface area contributed by atoms with Crippen molar-refractivity contribution in [2.75, 3.05) is 6.54 Å². The van der Waals surface area contributed by atoms with E-state index in [2.05, 4.69) is 0 Å². The van der Waals surface area contributed by atoms with Crippen LogP contribution in [0.3, 0.4) is 0 Å². The van der Waals surface area contributed by atoms with Crippen molar-refractivity contribution >= 4 is 10.9 Å². The van der Waals surface area contributed by atoms with Crippen LogP contribution in [0.1, 0.15) is 12.0 Å². The Kier molecular flexibility index (Phi) is 2.73. The van der Waals surface area contributed by atoms with E-state index in [4.69, 9.17) is 5.73 Å². The molecular weight excluding hydrogens is 191 g/mol. The van der Waals surface area contributed by atoms with E-state index in [1.54, 1.807) is 6.07 Å². The molecule has 0 fully saturated rings. The number of hydrogen-bond acceptors (Lipinski definition) is 1. The molecule has 3 heteroatoms. The molecule has 0 radical (unpaired) electrons. The number of aromatic nitrogens is 1. The van der Waals surface area contributed by atoms with Crippen LogP contribution < -0.4 is 5.73 Å². The Morgan fingerprint density at radius 1 is 1.40 bits per heavy atom. The summed E-state index contributed by atoms with van der Waals surface area (Å²) in [6, 6.07) is 5.21. The first kappa shape index (κ1) is 10.2. The topological polar surface area (TPSA) is 30.9 Å². The lowest BCUT2D eigenvalue weighted by Gasteiger charge is -1.97. The average Bonchev–Trinajstić information content (AvgIpc) is 2.54. The van der Waals surface area contributed by atoms with Gasteiger partial charge in [0.15, 0.2) is 0 Å². The number of para-hydroxylation sites is 1. The lowest BCUT2D eigenvalue weighted by Crippen LogP contribution is -1.99. The van der Waals surface area contributed by atoms with Crippen LogP contribution in [0.2, 0.25) is 0 Å². The van der Waals surface area contributed by atoms with Gasteiger partial charge in [0.2, 0.25) is 0 Å². The summed E-state index contributed by atoms with van der Waals surface area (Å²) in [6.45, 7) is 0.672. The largest absolute Gasteiger partial charge is 0.348 e. The van der Waals surface area contributed by atoms with Gasteiger partial charge in [-0.2, -0.15) is 0 Å². The number of aryl methyl sites for hydroxylation is 2. The molecule has 2 N–H and O–H groups in total. The first-order chi connectivity index (χ1) is 7.24. The fraction of sp³-hybridized carbons (Fsp3) is 0.333. The highest BCUT2D eigenvalue weighted by atomic mass is 19.1. The summed E-state index contributed by atoms with van der Waals surface area (Å²) < 4.78 is 15.4. The zero-order valence-corrected chi connectivity index (χ0v) is 8.83. The van der Waals surface area contributed by atoms with E-state index in [0.29, 0.717) is 12.1 Å².